The summed E-state index contributed by atoms with van der Waals surface area (Å²) in [6, 6.07) is 5.27. The molecule has 0 unspecified atom stereocenters. The Kier molecular flexibility index (Phi) is 8.63. The van der Waals surface area contributed by atoms with Crippen LogP contribution in [0.15, 0.2) is 29.5 Å². The zero-order chi connectivity index (χ0) is 24.5. The minimum Gasteiger partial charge on any atom is -0.490 e. The van der Waals surface area contributed by atoms with E-state index in [9.17, 15) is 9.18 Å². The van der Waals surface area contributed by atoms with Gasteiger partial charge < -0.3 is 28.7 Å². The Bertz CT molecular complexity index is 1030. The van der Waals surface area contributed by atoms with Crippen molar-refractivity contribution in [2.45, 2.75) is 6.92 Å². The van der Waals surface area contributed by atoms with Gasteiger partial charge in [0.2, 0.25) is 5.95 Å². The molecule has 2 aliphatic rings. The van der Waals surface area contributed by atoms with E-state index in [0.717, 1.165) is 11.8 Å². The lowest BCUT2D eigenvalue weighted by molar-refractivity contribution is -0.137. The van der Waals surface area contributed by atoms with Crippen LogP contribution < -0.4 is 19.8 Å². The fraction of sp³-hybridized carbons (Fsp3) is 0.478. The number of hydrazone groups is 1. The highest BCUT2D eigenvalue weighted by Gasteiger charge is 2.19. The number of amides is 1. The number of halogens is 1. The molecule has 12 heteroatoms. The third-order valence-corrected chi connectivity index (χ3v) is 5.40. The van der Waals surface area contributed by atoms with Crippen LogP contribution in [0.3, 0.4) is 0 Å². The Morgan fingerprint density at radius 3 is 2.63 bits per heavy atom. The van der Waals surface area contributed by atoms with Crippen LogP contribution in [0, 0.1) is 5.82 Å². The molecule has 1 aromatic heterocycles. The van der Waals surface area contributed by atoms with Gasteiger partial charge in [-0.25, -0.2) is 14.8 Å². The molecule has 4 rings (SSSR count). The molecule has 2 aromatic rings. The number of nitrogens with one attached hydrogen (secondary N) is 1. The van der Waals surface area contributed by atoms with Crippen LogP contribution in [-0.4, -0.2) is 92.8 Å². The summed E-state index contributed by atoms with van der Waals surface area (Å²) in [5.41, 5.74) is 3.46. The number of anilines is 2. The van der Waals surface area contributed by atoms with Crippen molar-refractivity contribution in [2.24, 2.45) is 5.10 Å². The molecular formula is C23H29FN6O5. The van der Waals surface area contributed by atoms with Gasteiger partial charge in [-0.3, -0.25) is 4.79 Å². The Hall–Kier alpha value is -3.51. The molecular weight excluding hydrogens is 459 g/mol. The molecule has 0 aliphatic carbocycles. The fourth-order valence-electron chi connectivity index (χ4n) is 3.61. The molecule has 11 nitrogen and oxygen atoms in total. The SMILES string of the molecule is CCOc1cc(/C=N/Nc2ncc(F)c(N3CCOCC3)n2)ccc1OCC(=O)N1CCOCC1. The average molecular weight is 489 g/mol. The molecule has 1 N–H and O–H groups in total. The summed E-state index contributed by atoms with van der Waals surface area (Å²) < 4.78 is 36.2. The Labute approximate surface area is 202 Å². The number of carbonyl (C=O) groups excluding carboxylic acids is 1. The van der Waals surface area contributed by atoms with Crippen molar-refractivity contribution in [3.8, 4) is 11.5 Å². The van der Waals surface area contributed by atoms with Gasteiger partial charge in [0.05, 0.1) is 45.4 Å². The highest BCUT2D eigenvalue weighted by atomic mass is 19.1. The van der Waals surface area contributed by atoms with Crippen molar-refractivity contribution in [2.75, 3.05) is 76.1 Å². The van der Waals surface area contributed by atoms with E-state index in [1.54, 1.807) is 29.3 Å². The van der Waals surface area contributed by atoms with E-state index in [-0.39, 0.29) is 24.3 Å². The predicted octanol–water partition coefficient (Wildman–Crippen LogP) is 1.53. The van der Waals surface area contributed by atoms with Gasteiger partial charge >= 0.3 is 0 Å². The van der Waals surface area contributed by atoms with Gasteiger partial charge in [-0.15, -0.1) is 0 Å². The van der Waals surface area contributed by atoms with Gasteiger partial charge in [-0.1, -0.05) is 0 Å². The van der Waals surface area contributed by atoms with Crippen molar-refractivity contribution >= 4 is 23.9 Å². The summed E-state index contributed by atoms with van der Waals surface area (Å²) in [7, 11) is 0. The third kappa shape index (κ3) is 6.76. The van der Waals surface area contributed by atoms with Crippen molar-refractivity contribution in [3.63, 3.8) is 0 Å². The largest absolute Gasteiger partial charge is 0.490 e. The Morgan fingerprint density at radius 2 is 1.89 bits per heavy atom. The number of hydrogen-bond donors (Lipinski definition) is 1. The van der Waals surface area contributed by atoms with Crippen LogP contribution in [0.4, 0.5) is 16.2 Å². The first-order valence-electron chi connectivity index (χ1n) is 11.5. The standard InChI is InChI=1S/C23H29FN6O5/c1-2-34-20-13-17(3-4-19(20)35-16-21(31)29-5-9-32-10-6-29)14-26-28-23-25-15-18(24)22(27-23)30-7-11-33-12-8-30/h3-4,13-15H,2,5-12,16H2,1H3,(H,25,27,28)/b26-14+. The van der Waals surface area contributed by atoms with E-state index in [1.165, 1.54) is 0 Å². The number of morpholine rings is 2. The van der Waals surface area contributed by atoms with E-state index in [4.69, 9.17) is 18.9 Å². The maximum atomic E-state index is 14.2. The molecule has 2 fully saturated rings. The number of rotatable bonds is 9. The predicted molar refractivity (Wildman–Crippen MR) is 127 cm³/mol. The van der Waals surface area contributed by atoms with Crippen molar-refractivity contribution in [1.29, 1.82) is 0 Å². The number of aromatic nitrogens is 2. The minimum atomic E-state index is -0.495. The molecule has 0 saturated carbocycles. The summed E-state index contributed by atoms with van der Waals surface area (Å²) in [5, 5.41) is 4.16. The van der Waals surface area contributed by atoms with Crippen LogP contribution in [0.25, 0.3) is 0 Å². The smallest absolute Gasteiger partial charge is 0.260 e. The first kappa shape index (κ1) is 24.6. The molecule has 188 valence electrons. The van der Waals surface area contributed by atoms with Crippen molar-refractivity contribution in [3.05, 3.63) is 35.8 Å². The van der Waals surface area contributed by atoms with E-state index < -0.39 is 5.82 Å². The second-order valence-electron chi connectivity index (χ2n) is 7.76. The van der Waals surface area contributed by atoms with Crippen LogP contribution in [0.2, 0.25) is 0 Å². The summed E-state index contributed by atoms with van der Waals surface area (Å²) in [4.78, 5) is 24.1. The highest BCUT2D eigenvalue weighted by Crippen LogP contribution is 2.28. The zero-order valence-corrected chi connectivity index (χ0v) is 19.6. The van der Waals surface area contributed by atoms with Crippen LogP contribution in [0.1, 0.15) is 12.5 Å². The molecule has 0 atom stereocenters. The summed E-state index contributed by atoms with van der Waals surface area (Å²) in [6.45, 7) is 6.58. The summed E-state index contributed by atoms with van der Waals surface area (Å²) in [6.07, 6.45) is 2.68. The topological polar surface area (TPSA) is 111 Å². The normalized spacial score (nSPS) is 16.4. The maximum absolute atomic E-state index is 14.2. The van der Waals surface area contributed by atoms with E-state index in [0.29, 0.717) is 70.7 Å². The summed E-state index contributed by atoms with van der Waals surface area (Å²) >= 11 is 0. The molecule has 0 radical (unpaired) electrons. The van der Waals surface area contributed by atoms with Crippen molar-refractivity contribution < 1.29 is 28.1 Å². The van der Waals surface area contributed by atoms with Crippen molar-refractivity contribution in [1.82, 2.24) is 14.9 Å². The molecule has 1 aromatic carbocycles. The minimum absolute atomic E-state index is 0.0809. The van der Waals surface area contributed by atoms with E-state index >= 15 is 0 Å². The number of benzene rings is 1. The van der Waals surface area contributed by atoms with E-state index in [1.807, 2.05) is 11.8 Å². The van der Waals surface area contributed by atoms with Crippen LogP contribution in [0.5, 0.6) is 11.5 Å². The quantitative estimate of drug-likeness (QED) is 0.415. The number of nitrogens with zero attached hydrogens (tertiary/aromatic N) is 5. The number of hydrogen-bond acceptors (Lipinski definition) is 10. The second kappa shape index (κ2) is 12.3. The second-order valence-corrected chi connectivity index (χ2v) is 7.76. The first-order valence-corrected chi connectivity index (χ1v) is 11.5. The molecule has 2 saturated heterocycles. The maximum Gasteiger partial charge on any atom is 0.260 e. The molecule has 0 spiro atoms. The van der Waals surface area contributed by atoms with Gasteiger partial charge in [0, 0.05) is 26.2 Å². The fourth-order valence-corrected chi connectivity index (χ4v) is 3.61. The first-order chi connectivity index (χ1) is 17.1. The molecule has 2 aliphatic heterocycles. The average Bonchev–Trinajstić information content (AvgIpc) is 2.90. The Morgan fingerprint density at radius 1 is 1.14 bits per heavy atom. The zero-order valence-electron chi connectivity index (χ0n) is 19.6. The third-order valence-electron chi connectivity index (χ3n) is 5.40. The van der Waals surface area contributed by atoms with Gasteiger partial charge in [0.15, 0.2) is 29.7 Å². The monoisotopic (exact) mass is 488 g/mol. The molecule has 3 heterocycles. The highest BCUT2D eigenvalue weighted by molar-refractivity contribution is 5.81. The lowest BCUT2D eigenvalue weighted by Crippen LogP contribution is -2.43. The van der Waals surface area contributed by atoms with Crippen LogP contribution >= 0.6 is 0 Å². The lowest BCUT2D eigenvalue weighted by atomic mass is 10.2. The van der Waals surface area contributed by atoms with Gasteiger partial charge in [-0.05, 0) is 30.7 Å². The van der Waals surface area contributed by atoms with Gasteiger partial charge in [-0.2, -0.15) is 10.1 Å². The molecule has 1 amide bonds. The molecule has 35 heavy (non-hydrogen) atoms. The molecule has 0 bridgehead atoms. The van der Waals surface area contributed by atoms with Gasteiger partial charge in [0.25, 0.3) is 5.91 Å². The number of carbonyl (C=O) groups is 1. The van der Waals surface area contributed by atoms with Crippen LogP contribution in [-0.2, 0) is 14.3 Å². The summed E-state index contributed by atoms with van der Waals surface area (Å²) in [5.74, 6) is 0.768. The van der Waals surface area contributed by atoms with Gasteiger partial charge in [0.1, 0.15) is 0 Å². The number of ether oxygens (including phenoxy) is 4. The Balaban J connectivity index is 1.37. The lowest BCUT2D eigenvalue weighted by Gasteiger charge is -2.27. The van der Waals surface area contributed by atoms with E-state index in [2.05, 4.69) is 20.5 Å².